The Kier molecular flexibility index (Phi) is 3.59. The zero-order valence-electron chi connectivity index (χ0n) is 17.6. The van der Waals surface area contributed by atoms with Crippen molar-refractivity contribution in [2.75, 3.05) is 13.6 Å². The van der Waals surface area contributed by atoms with Gasteiger partial charge in [-0.15, -0.1) is 0 Å². The van der Waals surface area contributed by atoms with E-state index in [0.29, 0.717) is 0 Å². The number of pyridine rings is 1. The van der Waals surface area contributed by atoms with E-state index in [1.54, 1.807) is 0 Å². The number of benzene rings is 4. The molecule has 0 saturated heterocycles. The summed E-state index contributed by atoms with van der Waals surface area (Å²) >= 11 is 0. The van der Waals surface area contributed by atoms with Gasteiger partial charge in [0.2, 0.25) is 19.1 Å². The fourth-order valence-electron chi connectivity index (χ4n) is 5.09. The van der Waals surface area contributed by atoms with Gasteiger partial charge in [0.25, 0.3) is 0 Å². The highest BCUT2D eigenvalue weighted by atomic mass is 16.7. The first kappa shape index (κ1) is 17.7. The van der Waals surface area contributed by atoms with Crippen LogP contribution in [0, 0.1) is 0 Å². The van der Waals surface area contributed by atoms with Gasteiger partial charge in [0.15, 0.2) is 29.2 Å². The van der Waals surface area contributed by atoms with E-state index in [0.717, 1.165) is 56.7 Å². The molecule has 32 heavy (non-hydrogen) atoms. The molecule has 0 spiro atoms. The van der Waals surface area contributed by atoms with Gasteiger partial charge in [-0.1, -0.05) is 36.4 Å². The van der Waals surface area contributed by atoms with Crippen LogP contribution in [0.2, 0.25) is 0 Å². The van der Waals surface area contributed by atoms with Crippen molar-refractivity contribution in [1.82, 2.24) is 0 Å². The fraction of sp³-hybridized carbons (Fsp3) is 0.148. The highest BCUT2D eigenvalue weighted by molar-refractivity contribution is 6.16. The summed E-state index contributed by atoms with van der Waals surface area (Å²) in [6.07, 6.45) is 2.91. The summed E-state index contributed by atoms with van der Waals surface area (Å²) in [4.78, 5) is 0. The van der Waals surface area contributed by atoms with Crippen molar-refractivity contribution in [2.24, 2.45) is 7.05 Å². The Morgan fingerprint density at radius 3 is 2.31 bits per heavy atom. The molecule has 0 unspecified atom stereocenters. The normalized spacial score (nSPS) is 14.0. The van der Waals surface area contributed by atoms with Gasteiger partial charge in [0.05, 0.1) is 16.2 Å². The molecule has 156 valence electrons. The lowest BCUT2D eigenvalue weighted by Crippen LogP contribution is -2.28. The summed E-state index contributed by atoms with van der Waals surface area (Å²) < 4.78 is 25.3. The molecule has 0 aliphatic carbocycles. The molecule has 0 atom stereocenters. The van der Waals surface area contributed by atoms with Crippen LogP contribution in [0.1, 0.15) is 11.1 Å². The van der Waals surface area contributed by atoms with Gasteiger partial charge < -0.3 is 18.9 Å². The summed E-state index contributed by atoms with van der Waals surface area (Å²) in [7, 11) is 2.08. The van der Waals surface area contributed by atoms with E-state index in [9.17, 15) is 0 Å². The molecule has 5 aromatic rings. The van der Waals surface area contributed by atoms with Crippen LogP contribution in [0.25, 0.3) is 32.4 Å². The molecule has 1 aromatic heterocycles. The van der Waals surface area contributed by atoms with Crippen molar-refractivity contribution in [3.63, 3.8) is 0 Å². The number of ether oxygens (including phenoxy) is 4. The number of aromatic nitrogens is 1. The lowest BCUT2D eigenvalue weighted by atomic mass is 9.94. The van der Waals surface area contributed by atoms with Crippen molar-refractivity contribution in [2.45, 2.75) is 6.42 Å². The Bertz CT molecular complexity index is 1560. The molecule has 5 heteroatoms. The molecule has 5 nitrogen and oxygen atoms in total. The third-order valence-corrected chi connectivity index (χ3v) is 6.50. The molecule has 0 bridgehead atoms. The van der Waals surface area contributed by atoms with Gasteiger partial charge in [-0.05, 0) is 35.2 Å². The van der Waals surface area contributed by atoms with E-state index in [1.165, 1.54) is 16.3 Å². The Morgan fingerprint density at radius 2 is 1.44 bits per heavy atom. The van der Waals surface area contributed by atoms with E-state index in [1.807, 2.05) is 12.1 Å². The van der Waals surface area contributed by atoms with Crippen molar-refractivity contribution in [1.29, 1.82) is 0 Å². The minimum Gasteiger partial charge on any atom is -0.454 e. The number of aryl methyl sites for hydroxylation is 1. The van der Waals surface area contributed by atoms with Crippen LogP contribution in [0.5, 0.6) is 23.0 Å². The molecule has 0 N–H and O–H groups in total. The highest BCUT2D eigenvalue weighted by Crippen LogP contribution is 2.45. The van der Waals surface area contributed by atoms with E-state index in [4.69, 9.17) is 18.9 Å². The van der Waals surface area contributed by atoms with Gasteiger partial charge in [-0.3, -0.25) is 0 Å². The summed E-state index contributed by atoms with van der Waals surface area (Å²) in [5.74, 6) is 3.27. The molecular weight excluding hydrogens is 402 g/mol. The molecule has 0 saturated carbocycles. The predicted octanol–water partition coefficient (Wildman–Crippen LogP) is 5.02. The van der Waals surface area contributed by atoms with E-state index in [2.05, 4.69) is 66.3 Å². The van der Waals surface area contributed by atoms with Gasteiger partial charge in [0, 0.05) is 17.4 Å². The van der Waals surface area contributed by atoms with Gasteiger partial charge in [-0.2, -0.15) is 4.57 Å². The van der Waals surface area contributed by atoms with Crippen LogP contribution < -0.4 is 23.5 Å². The maximum Gasteiger partial charge on any atom is 0.231 e. The molecule has 2 aliphatic heterocycles. The lowest BCUT2D eigenvalue weighted by Gasteiger charge is -2.13. The predicted molar refractivity (Wildman–Crippen MR) is 122 cm³/mol. The Balaban J connectivity index is 1.56. The highest BCUT2D eigenvalue weighted by Gasteiger charge is 2.26. The molecule has 2 aliphatic rings. The molecule has 4 aromatic carbocycles. The van der Waals surface area contributed by atoms with Crippen molar-refractivity contribution in [3.8, 4) is 23.0 Å². The summed E-state index contributed by atoms with van der Waals surface area (Å²) in [5, 5.41) is 5.70. The fourth-order valence-corrected chi connectivity index (χ4v) is 5.09. The Labute approximate surface area is 184 Å². The first-order valence-electron chi connectivity index (χ1n) is 10.7. The summed E-state index contributed by atoms with van der Waals surface area (Å²) in [5.41, 5.74) is 3.56. The Hall–Kier alpha value is -3.99. The minimum absolute atomic E-state index is 0.254. The quantitative estimate of drug-likeness (QED) is 0.296. The molecular formula is C27H20NO4+. The average molecular weight is 422 g/mol. The van der Waals surface area contributed by atoms with Crippen molar-refractivity contribution < 1.29 is 23.5 Å². The molecule has 7 rings (SSSR count). The van der Waals surface area contributed by atoms with Crippen LogP contribution in [-0.2, 0) is 13.5 Å². The SMILES string of the molecule is C[n+]1cc2c3c(ccc2c2ccc4c(Cc5ccccc5)c5c(cc4c21)OCO5)OCO3. The average Bonchev–Trinajstić information content (AvgIpc) is 3.49. The third-order valence-electron chi connectivity index (χ3n) is 6.50. The molecule has 0 amide bonds. The van der Waals surface area contributed by atoms with E-state index >= 15 is 0 Å². The first-order valence-corrected chi connectivity index (χ1v) is 10.7. The number of hydrogen-bond acceptors (Lipinski definition) is 4. The van der Waals surface area contributed by atoms with Crippen LogP contribution in [0.3, 0.4) is 0 Å². The van der Waals surface area contributed by atoms with Crippen LogP contribution in [0.4, 0.5) is 0 Å². The topological polar surface area (TPSA) is 40.8 Å². The zero-order valence-corrected chi connectivity index (χ0v) is 17.6. The smallest absolute Gasteiger partial charge is 0.231 e. The molecule has 0 radical (unpaired) electrons. The second-order valence-electron chi connectivity index (χ2n) is 8.31. The maximum absolute atomic E-state index is 5.91. The second-order valence-corrected chi connectivity index (χ2v) is 8.31. The molecule has 3 heterocycles. The summed E-state index contributed by atoms with van der Waals surface area (Å²) in [6, 6.07) is 21.1. The van der Waals surface area contributed by atoms with Gasteiger partial charge >= 0.3 is 0 Å². The Morgan fingerprint density at radius 1 is 0.688 bits per heavy atom. The summed E-state index contributed by atoms with van der Waals surface area (Å²) in [6.45, 7) is 0.518. The number of nitrogens with zero attached hydrogens (tertiary/aromatic N) is 1. The van der Waals surface area contributed by atoms with Crippen LogP contribution in [-0.4, -0.2) is 13.6 Å². The maximum atomic E-state index is 5.91. The largest absolute Gasteiger partial charge is 0.454 e. The van der Waals surface area contributed by atoms with Crippen molar-refractivity contribution >= 4 is 32.4 Å². The first-order chi connectivity index (χ1) is 15.8. The number of hydrogen-bond donors (Lipinski definition) is 0. The van der Waals surface area contributed by atoms with Gasteiger partial charge in [-0.25, -0.2) is 0 Å². The van der Waals surface area contributed by atoms with Crippen molar-refractivity contribution in [3.05, 3.63) is 78.0 Å². The zero-order chi connectivity index (χ0) is 21.2. The number of fused-ring (bicyclic) bond motifs is 8. The van der Waals surface area contributed by atoms with Crippen LogP contribution in [0.15, 0.2) is 66.9 Å². The monoisotopic (exact) mass is 422 g/mol. The minimum atomic E-state index is 0.254. The third kappa shape index (κ3) is 2.42. The van der Waals surface area contributed by atoms with Gasteiger partial charge in [0.1, 0.15) is 7.05 Å². The van der Waals surface area contributed by atoms with E-state index in [-0.39, 0.29) is 13.6 Å². The van der Waals surface area contributed by atoms with Crippen LogP contribution >= 0.6 is 0 Å². The van der Waals surface area contributed by atoms with E-state index < -0.39 is 0 Å². The standard InChI is InChI=1S/C27H20NO4/c1-28-13-22-17(9-10-23-27(22)32-14-29-23)19-8-7-18-20(25(19)28)12-24-26(31-15-30-24)21(18)11-16-5-3-2-4-6-16/h2-10,12-13H,11,14-15H2,1H3/q+1. The second kappa shape index (κ2) is 6.50. The molecule has 0 fully saturated rings. The lowest BCUT2D eigenvalue weighted by molar-refractivity contribution is -0.642. The number of rotatable bonds is 2.